The molecule has 0 amide bonds. The number of aromatic nitrogens is 2. The lowest BCUT2D eigenvalue weighted by atomic mass is 10.1. The Morgan fingerprint density at radius 3 is 2.50 bits per heavy atom. The van der Waals surface area contributed by atoms with Crippen LogP contribution in [0.3, 0.4) is 0 Å². The monoisotopic (exact) mass is 268 g/mol. The van der Waals surface area contributed by atoms with Gasteiger partial charge in [-0.25, -0.2) is 14.4 Å². The van der Waals surface area contributed by atoms with Crippen LogP contribution in [0.25, 0.3) is 11.3 Å². The van der Waals surface area contributed by atoms with Gasteiger partial charge in [-0.3, -0.25) is 0 Å². The molecule has 0 aliphatic heterocycles. The van der Waals surface area contributed by atoms with Crippen molar-refractivity contribution in [3.8, 4) is 22.8 Å². The van der Waals surface area contributed by atoms with Crippen molar-refractivity contribution in [3.63, 3.8) is 0 Å². The predicted molar refractivity (Wildman–Crippen MR) is 65.5 cm³/mol. The van der Waals surface area contributed by atoms with Crippen LogP contribution in [0.2, 0.25) is 5.15 Å². The zero-order valence-electron chi connectivity index (χ0n) is 9.78. The Balaban J connectivity index is 2.54. The van der Waals surface area contributed by atoms with Gasteiger partial charge >= 0.3 is 0 Å². The lowest BCUT2D eigenvalue weighted by Crippen LogP contribution is -1.95. The van der Waals surface area contributed by atoms with E-state index >= 15 is 0 Å². The fourth-order valence-electron chi connectivity index (χ4n) is 1.53. The molecule has 4 nitrogen and oxygen atoms in total. The molecule has 1 aromatic heterocycles. The SMILES string of the molecule is COc1ccc(-c2ncnc(Cl)c2F)cc1OC. The van der Waals surface area contributed by atoms with Crippen LogP contribution in [0.4, 0.5) is 4.39 Å². The molecule has 0 unspecified atom stereocenters. The fraction of sp³-hybridized carbons (Fsp3) is 0.167. The van der Waals surface area contributed by atoms with Crippen LogP contribution < -0.4 is 9.47 Å². The van der Waals surface area contributed by atoms with E-state index in [2.05, 4.69) is 9.97 Å². The zero-order chi connectivity index (χ0) is 13.1. The summed E-state index contributed by atoms with van der Waals surface area (Å²) in [6, 6.07) is 4.97. The molecule has 0 spiro atoms. The smallest absolute Gasteiger partial charge is 0.186 e. The molecule has 0 atom stereocenters. The summed E-state index contributed by atoms with van der Waals surface area (Å²) in [5.74, 6) is 0.386. The van der Waals surface area contributed by atoms with E-state index in [1.54, 1.807) is 18.2 Å². The van der Waals surface area contributed by atoms with Gasteiger partial charge < -0.3 is 9.47 Å². The van der Waals surface area contributed by atoms with Crippen LogP contribution in [0.1, 0.15) is 0 Å². The maximum atomic E-state index is 13.8. The first kappa shape index (κ1) is 12.6. The van der Waals surface area contributed by atoms with Crippen molar-refractivity contribution in [2.45, 2.75) is 0 Å². The third-order valence-electron chi connectivity index (χ3n) is 2.40. The summed E-state index contributed by atoms with van der Waals surface area (Å²) in [5, 5.41) is -0.213. The molecule has 0 saturated heterocycles. The lowest BCUT2D eigenvalue weighted by Gasteiger charge is -2.09. The van der Waals surface area contributed by atoms with Crippen molar-refractivity contribution in [1.82, 2.24) is 9.97 Å². The average Bonchev–Trinajstić information content (AvgIpc) is 2.41. The largest absolute Gasteiger partial charge is 0.493 e. The number of halogens is 2. The molecular weight excluding hydrogens is 259 g/mol. The molecule has 0 N–H and O–H groups in total. The normalized spacial score (nSPS) is 10.2. The first-order chi connectivity index (χ1) is 8.67. The lowest BCUT2D eigenvalue weighted by molar-refractivity contribution is 0.355. The van der Waals surface area contributed by atoms with E-state index in [-0.39, 0.29) is 10.8 Å². The highest BCUT2D eigenvalue weighted by atomic mass is 35.5. The highest BCUT2D eigenvalue weighted by Gasteiger charge is 2.13. The maximum Gasteiger partial charge on any atom is 0.186 e. The maximum absolute atomic E-state index is 13.8. The van der Waals surface area contributed by atoms with E-state index in [1.165, 1.54) is 20.5 Å². The minimum atomic E-state index is -0.661. The predicted octanol–water partition coefficient (Wildman–Crippen LogP) is 2.95. The number of hydrogen-bond acceptors (Lipinski definition) is 4. The van der Waals surface area contributed by atoms with E-state index in [9.17, 15) is 4.39 Å². The highest BCUT2D eigenvalue weighted by molar-refractivity contribution is 6.29. The summed E-state index contributed by atoms with van der Waals surface area (Å²) in [6.45, 7) is 0. The minimum Gasteiger partial charge on any atom is -0.493 e. The number of nitrogens with zero attached hydrogens (tertiary/aromatic N) is 2. The second kappa shape index (κ2) is 5.18. The van der Waals surface area contributed by atoms with Crippen LogP contribution in [-0.4, -0.2) is 24.2 Å². The molecule has 6 heteroatoms. The first-order valence-electron chi connectivity index (χ1n) is 5.05. The van der Waals surface area contributed by atoms with Crippen molar-refractivity contribution in [3.05, 3.63) is 35.5 Å². The van der Waals surface area contributed by atoms with Crippen molar-refractivity contribution in [2.75, 3.05) is 14.2 Å². The van der Waals surface area contributed by atoms with Crippen molar-refractivity contribution in [1.29, 1.82) is 0 Å². The number of benzene rings is 1. The molecule has 18 heavy (non-hydrogen) atoms. The molecular formula is C12H10ClFN2O2. The highest BCUT2D eigenvalue weighted by Crippen LogP contribution is 2.33. The van der Waals surface area contributed by atoms with Gasteiger partial charge in [0.15, 0.2) is 22.5 Å². The fourth-order valence-corrected chi connectivity index (χ4v) is 1.67. The molecule has 1 aromatic carbocycles. The quantitative estimate of drug-likeness (QED) is 0.803. The Kier molecular flexibility index (Phi) is 3.62. The van der Waals surface area contributed by atoms with E-state index < -0.39 is 5.82 Å². The third-order valence-corrected chi connectivity index (χ3v) is 2.67. The Bertz CT molecular complexity index is 578. The van der Waals surface area contributed by atoms with Gasteiger partial charge in [-0.1, -0.05) is 11.6 Å². The van der Waals surface area contributed by atoms with E-state index in [4.69, 9.17) is 21.1 Å². The molecule has 0 saturated carbocycles. The number of ether oxygens (including phenoxy) is 2. The van der Waals surface area contributed by atoms with Gasteiger partial charge in [0.25, 0.3) is 0 Å². The minimum absolute atomic E-state index is 0.121. The standard InChI is InChI=1S/C12H10ClFN2O2/c1-17-8-4-3-7(5-9(8)18-2)11-10(14)12(13)16-6-15-11/h3-6H,1-2H3. The second-order valence-corrected chi connectivity index (χ2v) is 3.75. The van der Waals surface area contributed by atoms with Gasteiger partial charge in [0.1, 0.15) is 12.0 Å². The molecule has 0 radical (unpaired) electrons. The molecule has 1 heterocycles. The van der Waals surface area contributed by atoms with Gasteiger partial charge in [0.05, 0.1) is 14.2 Å². The molecule has 0 bridgehead atoms. The number of methoxy groups -OCH3 is 2. The molecule has 2 aromatic rings. The van der Waals surface area contributed by atoms with Gasteiger partial charge in [0, 0.05) is 5.56 Å². The number of rotatable bonds is 3. The van der Waals surface area contributed by atoms with E-state index in [0.717, 1.165) is 0 Å². The van der Waals surface area contributed by atoms with E-state index in [0.29, 0.717) is 17.1 Å². The van der Waals surface area contributed by atoms with E-state index in [1.807, 2.05) is 0 Å². The van der Waals surface area contributed by atoms with Crippen LogP contribution in [0, 0.1) is 5.82 Å². The van der Waals surface area contributed by atoms with Crippen LogP contribution in [0.15, 0.2) is 24.5 Å². The summed E-state index contributed by atoms with van der Waals surface area (Å²) < 4.78 is 24.0. The average molecular weight is 269 g/mol. The summed E-state index contributed by atoms with van der Waals surface area (Å²) in [5.41, 5.74) is 0.658. The van der Waals surface area contributed by atoms with Crippen molar-refractivity contribution >= 4 is 11.6 Å². The van der Waals surface area contributed by atoms with Crippen LogP contribution in [-0.2, 0) is 0 Å². The Morgan fingerprint density at radius 1 is 1.11 bits per heavy atom. The molecule has 0 aliphatic carbocycles. The Labute approximate surface area is 108 Å². The Hall–Kier alpha value is -1.88. The van der Waals surface area contributed by atoms with Crippen molar-refractivity contribution < 1.29 is 13.9 Å². The second-order valence-electron chi connectivity index (χ2n) is 3.40. The van der Waals surface area contributed by atoms with Crippen molar-refractivity contribution in [2.24, 2.45) is 0 Å². The van der Waals surface area contributed by atoms with Gasteiger partial charge in [-0.2, -0.15) is 0 Å². The van der Waals surface area contributed by atoms with Gasteiger partial charge in [-0.05, 0) is 18.2 Å². The molecule has 0 fully saturated rings. The zero-order valence-corrected chi connectivity index (χ0v) is 10.5. The third kappa shape index (κ3) is 2.22. The van der Waals surface area contributed by atoms with Gasteiger partial charge in [-0.15, -0.1) is 0 Å². The summed E-state index contributed by atoms with van der Waals surface area (Å²) in [7, 11) is 3.03. The topological polar surface area (TPSA) is 44.2 Å². The molecule has 0 aliphatic rings. The summed E-state index contributed by atoms with van der Waals surface area (Å²) in [6.07, 6.45) is 1.21. The summed E-state index contributed by atoms with van der Waals surface area (Å²) >= 11 is 5.61. The van der Waals surface area contributed by atoms with Crippen LogP contribution >= 0.6 is 11.6 Å². The summed E-state index contributed by atoms with van der Waals surface area (Å²) in [4.78, 5) is 7.44. The van der Waals surface area contributed by atoms with Crippen LogP contribution in [0.5, 0.6) is 11.5 Å². The molecule has 2 rings (SSSR count). The van der Waals surface area contributed by atoms with Gasteiger partial charge in [0.2, 0.25) is 0 Å². The molecule has 94 valence electrons. The Morgan fingerprint density at radius 2 is 1.83 bits per heavy atom. The number of hydrogen-bond donors (Lipinski definition) is 0. The first-order valence-corrected chi connectivity index (χ1v) is 5.43.